The number of nitrogens with one attached hydrogen (secondary N) is 2. The molecule has 0 unspecified atom stereocenters. The summed E-state index contributed by atoms with van der Waals surface area (Å²) < 4.78 is 5.90. The van der Waals surface area contributed by atoms with E-state index >= 15 is 0 Å². The Labute approximate surface area is 142 Å². The summed E-state index contributed by atoms with van der Waals surface area (Å²) in [6.45, 7) is 5.90. The molecular formula is C18H25N3O3. The lowest BCUT2D eigenvalue weighted by molar-refractivity contribution is -0.121. The van der Waals surface area contributed by atoms with Crippen molar-refractivity contribution < 1.29 is 14.0 Å². The molecule has 0 aliphatic carbocycles. The van der Waals surface area contributed by atoms with Crippen molar-refractivity contribution in [2.24, 2.45) is 0 Å². The van der Waals surface area contributed by atoms with Crippen LogP contribution in [0.4, 0.5) is 10.5 Å². The number of anilines is 1. The van der Waals surface area contributed by atoms with Crippen molar-refractivity contribution in [2.45, 2.75) is 39.7 Å². The average molecular weight is 331 g/mol. The van der Waals surface area contributed by atoms with Gasteiger partial charge in [0.25, 0.3) is 0 Å². The topological polar surface area (TPSA) is 74.6 Å². The second-order valence-corrected chi connectivity index (χ2v) is 5.95. The highest BCUT2D eigenvalue weighted by Crippen LogP contribution is 2.31. The first kappa shape index (κ1) is 17.8. The Morgan fingerprint density at radius 2 is 2.04 bits per heavy atom. The van der Waals surface area contributed by atoms with Crippen molar-refractivity contribution in [2.75, 3.05) is 19.4 Å². The van der Waals surface area contributed by atoms with Gasteiger partial charge in [0, 0.05) is 38.4 Å². The first-order valence-electron chi connectivity index (χ1n) is 8.14. The minimum Gasteiger partial charge on any atom is -0.459 e. The predicted molar refractivity (Wildman–Crippen MR) is 95.3 cm³/mol. The minimum absolute atomic E-state index is 0.0986. The van der Waals surface area contributed by atoms with Crippen LogP contribution in [0.15, 0.2) is 22.6 Å². The van der Waals surface area contributed by atoms with Gasteiger partial charge >= 0.3 is 6.03 Å². The van der Waals surface area contributed by atoms with E-state index in [1.54, 1.807) is 14.1 Å². The Morgan fingerprint density at radius 3 is 2.67 bits per heavy atom. The van der Waals surface area contributed by atoms with Gasteiger partial charge in [0.1, 0.15) is 5.76 Å². The summed E-state index contributed by atoms with van der Waals surface area (Å²) >= 11 is 0. The number of carbonyl (C=O) groups excluding carboxylic acids is 2. The van der Waals surface area contributed by atoms with Gasteiger partial charge in [0.2, 0.25) is 5.91 Å². The maximum absolute atomic E-state index is 12.5. The van der Waals surface area contributed by atoms with Crippen LogP contribution in [-0.4, -0.2) is 37.0 Å². The molecule has 1 atom stereocenters. The number of furan rings is 1. The standard InChI is InChI=1S/C18H25N3O3/c1-6-15-12(3)13-8-7-9-14(17(13)24-15)20-18(23)21(5)11(2)10-16(22)19-4/h7-9,11H,6,10H2,1-5H3,(H,19,22)(H,20,23)/t11-/m0/s1. The van der Waals surface area contributed by atoms with Gasteiger partial charge in [-0.1, -0.05) is 19.1 Å². The molecule has 0 aliphatic heterocycles. The second kappa shape index (κ2) is 7.38. The molecule has 0 radical (unpaired) electrons. The lowest BCUT2D eigenvalue weighted by Gasteiger charge is -2.24. The molecular weight excluding hydrogens is 306 g/mol. The smallest absolute Gasteiger partial charge is 0.321 e. The molecule has 0 fully saturated rings. The third-order valence-electron chi connectivity index (χ3n) is 4.37. The number of benzene rings is 1. The number of carbonyl (C=O) groups is 2. The fourth-order valence-corrected chi connectivity index (χ4v) is 2.64. The highest BCUT2D eigenvalue weighted by Gasteiger charge is 2.20. The van der Waals surface area contributed by atoms with E-state index in [2.05, 4.69) is 10.6 Å². The van der Waals surface area contributed by atoms with Gasteiger partial charge in [0.05, 0.1) is 5.69 Å². The monoisotopic (exact) mass is 331 g/mol. The molecule has 2 rings (SSSR count). The predicted octanol–water partition coefficient (Wildman–Crippen LogP) is 3.29. The van der Waals surface area contributed by atoms with Crippen molar-refractivity contribution in [3.05, 3.63) is 29.5 Å². The van der Waals surface area contributed by atoms with Crippen LogP contribution in [0.25, 0.3) is 11.0 Å². The van der Waals surface area contributed by atoms with Crippen molar-refractivity contribution in [1.82, 2.24) is 10.2 Å². The zero-order chi connectivity index (χ0) is 17.9. The van der Waals surface area contributed by atoms with Gasteiger partial charge in [-0.3, -0.25) is 4.79 Å². The van der Waals surface area contributed by atoms with Gasteiger partial charge in [-0.05, 0) is 25.5 Å². The SMILES string of the molecule is CCc1oc2c(NC(=O)N(C)[C@@H](C)CC(=O)NC)cccc2c1C. The lowest BCUT2D eigenvalue weighted by Crippen LogP contribution is -2.40. The first-order chi connectivity index (χ1) is 11.4. The zero-order valence-electron chi connectivity index (χ0n) is 14.9. The van der Waals surface area contributed by atoms with E-state index < -0.39 is 0 Å². The summed E-state index contributed by atoms with van der Waals surface area (Å²) in [5.74, 6) is 0.825. The summed E-state index contributed by atoms with van der Waals surface area (Å²) in [5, 5.41) is 6.45. The summed E-state index contributed by atoms with van der Waals surface area (Å²) in [5.41, 5.74) is 2.43. The summed E-state index contributed by atoms with van der Waals surface area (Å²) in [4.78, 5) is 25.5. The Hall–Kier alpha value is -2.50. The van der Waals surface area contributed by atoms with Crippen LogP contribution in [-0.2, 0) is 11.2 Å². The molecule has 6 nitrogen and oxygen atoms in total. The molecule has 0 saturated heterocycles. The van der Waals surface area contributed by atoms with Crippen LogP contribution in [0.2, 0.25) is 0 Å². The van der Waals surface area contributed by atoms with E-state index in [-0.39, 0.29) is 24.4 Å². The van der Waals surface area contributed by atoms with Crippen LogP contribution >= 0.6 is 0 Å². The van der Waals surface area contributed by atoms with Crippen molar-refractivity contribution >= 4 is 28.6 Å². The molecule has 1 aromatic heterocycles. The van der Waals surface area contributed by atoms with Gasteiger partial charge in [0.15, 0.2) is 5.58 Å². The van der Waals surface area contributed by atoms with Crippen LogP contribution in [0.1, 0.15) is 31.6 Å². The Balaban J connectivity index is 2.20. The van der Waals surface area contributed by atoms with Gasteiger partial charge in [-0.2, -0.15) is 0 Å². The fraction of sp³-hybridized carbons (Fsp3) is 0.444. The number of hydrogen-bond acceptors (Lipinski definition) is 3. The first-order valence-corrected chi connectivity index (χ1v) is 8.14. The number of hydrogen-bond donors (Lipinski definition) is 2. The van der Waals surface area contributed by atoms with Crippen LogP contribution in [0.5, 0.6) is 0 Å². The number of amides is 3. The molecule has 1 heterocycles. The van der Waals surface area contributed by atoms with Gasteiger partial charge < -0.3 is 20.0 Å². The molecule has 6 heteroatoms. The maximum Gasteiger partial charge on any atom is 0.321 e. The highest BCUT2D eigenvalue weighted by molar-refractivity contribution is 6.00. The van der Waals surface area contributed by atoms with E-state index in [0.29, 0.717) is 11.3 Å². The molecule has 0 saturated carbocycles. The van der Waals surface area contributed by atoms with E-state index in [0.717, 1.165) is 23.1 Å². The number of nitrogens with zero attached hydrogens (tertiary/aromatic N) is 1. The summed E-state index contributed by atoms with van der Waals surface area (Å²) in [6.07, 6.45) is 1.06. The van der Waals surface area contributed by atoms with Crippen LogP contribution in [0.3, 0.4) is 0 Å². The maximum atomic E-state index is 12.5. The highest BCUT2D eigenvalue weighted by atomic mass is 16.3. The lowest BCUT2D eigenvalue weighted by atomic mass is 10.1. The Bertz CT molecular complexity index is 751. The quantitative estimate of drug-likeness (QED) is 0.883. The Morgan fingerprint density at radius 1 is 1.33 bits per heavy atom. The fourth-order valence-electron chi connectivity index (χ4n) is 2.64. The van der Waals surface area contributed by atoms with Crippen molar-refractivity contribution in [3.63, 3.8) is 0 Å². The molecule has 3 amide bonds. The number of urea groups is 1. The van der Waals surface area contributed by atoms with Crippen LogP contribution < -0.4 is 10.6 Å². The van der Waals surface area contributed by atoms with E-state index in [1.165, 1.54) is 4.90 Å². The second-order valence-electron chi connectivity index (χ2n) is 5.95. The molecule has 2 N–H and O–H groups in total. The molecule has 130 valence electrons. The summed E-state index contributed by atoms with van der Waals surface area (Å²) in [6, 6.07) is 5.22. The molecule has 2 aromatic rings. The molecule has 0 bridgehead atoms. The van der Waals surface area contributed by atoms with Crippen molar-refractivity contribution in [3.8, 4) is 0 Å². The minimum atomic E-state index is -0.272. The number of fused-ring (bicyclic) bond motifs is 1. The van der Waals surface area contributed by atoms with E-state index in [4.69, 9.17) is 4.42 Å². The normalized spacial score (nSPS) is 12.0. The van der Waals surface area contributed by atoms with Crippen LogP contribution in [0, 0.1) is 6.92 Å². The Kier molecular flexibility index (Phi) is 5.49. The third kappa shape index (κ3) is 3.53. The zero-order valence-corrected chi connectivity index (χ0v) is 14.9. The summed E-state index contributed by atoms with van der Waals surface area (Å²) in [7, 11) is 3.26. The van der Waals surface area contributed by atoms with Crippen molar-refractivity contribution in [1.29, 1.82) is 0 Å². The molecule has 24 heavy (non-hydrogen) atoms. The largest absolute Gasteiger partial charge is 0.459 e. The molecule has 0 aliphatic rings. The van der Waals surface area contributed by atoms with Gasteiger partial charge in [-0.15, -0.1) is 0 Å². The molecule has 0 spiro atoms. The van der Waals surface area contributed by atoms with Gasteiger partial charge in [-0.25, -0.2) is 4.79 Å². The number of aryl methyl sites for hydroxylation is 2. The molecule has 1 aromatic carbocycles. The average Bonchev–Trinajstić information content (AvgIpc) is 2.91. The third-order valence-corrected chi connectivity index (χ3v) is 4.37. The van der Waals surface area contributed by atoms with E-state index in [1.807, 2.05) is 39.0 Å². The number of rotatable bonds is 5. The van der Waals surface area contributed by atoms with E-state index in [9.17, 15) is 9.59 Å². The number of para-hydroxylation sites is 1.